The number of phenols is 1. The first-order chi connectivity index (χ1) is 11.0. The molecule has 23 heavy (non-hydrogen) atoms. The first-order valence-electron chi connectivity index (χ1n) is 7.86. The number of ether oxygens (including phenoxy) is 2. The molecule has 3 atom stereocenters. The fraction of sp³-hybridized carbons (Fsp3) is 0.500. The molecule has 5 heteroatoms. The summed E-state index contributed by atoms with van der Waals surface area (Å²) < 4.78 is 10.6. The molecule has 2 aliphatic rings. The highest BCUT2D eigenvalue weighted by atomic mass is 16.5. The molecule has 0 saturated heterocycles. The number of aliphatic carboxylic acids is 1. The summed E-state index contributed by atoms with van der Waals surface area (Å²) in [6, 6.07) is 3.70. The van der Waals surface area contributed by atoms with Crippen molar-refractivity contribution in [3.63, 3.8) is 0 Å². The number of fused-ring (bicyclic) bond motifs is 2. The number of aromatic hydroxyl groups is 1. The van der Waals surface area contributed by atoms with Gasteiger partial charge in [-0.25, -0.2) is 0 Å². The largest absolute Gasteiger partial charge is 0.502 e. The maximum Gasteiger partial charge on any atom is 0.303 e. The fourth-order valence-corrected chi connectivity index (χ4v) is 4.20. The fourth-order valence-electron chi connectivity index (χ4n) is 4.20. The predicted molar refractivity (Wildman–Crippen MR) is 85.1 cm³/mol. The number of benzene rings is 1. The number of carboxylic acids is 1. The summed E-state index contributed by atoms with van der Waals surface area (Å²) in [4.78, 5) is 11.0. The number of hydrogen-bond acceptors (Lipinski definition) is 4. The zero-order valence-corrected chi connectivity index (χ0v) is 13.4. The van der Waals surface area contributed by atoms with Gasteiger partial charge in [-0.15, -0.1) is 0 Å². The van der Waals surface area contributed by atoms with Crippen molar-refractivity contribution in [1.82, 2.24) is 0 Å². The van der Waals surface area contributed by atoms with Crippen molar-refractivity contribution in [3.8, 4) is 17.2 Å². The van der Waals surface area contributed by atoms with Crippen LogP contribution in [0.3, 0.4) is 0 Å². The molecular formula is C18H22O5. The number of allylic oxidation sites excluding steroid dienone is 2. The summed E-state index contributed by atoms with van der Waals surface area (Å²) in [7, 11) is 3.03. The summed E-state index contributed by atoms with van der Waals surface area (Å²) in [5, 5.41) is 19.1. The van der Waals surface area contributed by atoms with E-state index >= 15 is 0 Å². The minimum atomic E-state index is -0.757. The van der Waals surface area contributed by atoms with Crippen LogP contribution in [0.15, 0.2) is 24.3 Å². The van der Waals surface area contributed by atoms with Gasteiger partial charge in [0.25, 0.3) is 0 Å². The Morgan fingerprint density at radius 2 is 1.96 bits per heavy atom. The standard InChI is InChI=1S/C18H22O5/c1-22-14-8-13(9-15(23-2)17(14)21)18-6-5-11(10-18)7-12(18)3-4-16(19)20/h5-6,8-9,11-12,21H,3-4,7,10H2,1-2H3,(H,19,20). The number of hydrogen-bond donors (Lipinski definition) is 2. The average molecular weight is 318 g/mol. The van der Waals surface area contributed by atoms with Crippen molar-refractivity contribution < 1.29 is 24.5 Å². The molecule has 1 aromatic rings. The Labute approximate surface area is 135 Å². The zero-order chi connectivity index (χ0) is 16.6. The van der Waals surface area contributed by atoms with Crippen LogP contribution in [0.5, 0.6) is 17.2 Å². The number of phenolic OH excluding ortho intramolecular Hbond substituents is 1. The van der Waals surface area contributed by atoms with Gasteiger partial charge in [0.15, 0.2) is 11.5 Å². The Balaban J connectivity index is 2.01. The quantitative estimate of drug-likeness (QED) is 0.788. The lowest BCUT2D eigenvalue weighted by atomic mass is 9.70. The minimum absolute atomic E-state index is 0.00578. The topological polar surface area (TPSA) is 76.0 Å². The van der Waals surface area contributed by atoms with Gasteiger partial charge in [-0.3, -0.25) is 4.79 Å². The first kappa shape index (κ1) is 15.7. The monoisotopic (exact) mass is 318 g/mol. The van der Waals surface area contributed by atoms with Crippen molar-refractivity contribution in [1.29, 1.82) is 0 Å². The van der Waals surface area contributed by atoms with Crippen molar-refractivity contribution in [2.24, 2.45) is 11.8 Å². The van der Waals surface area contributed by atoms with Crippen molar-refractivity contribution in [2.45, 2.75) is 31.1 Å². The van der Waals surface area contributed by atoms with Gasteiger partial charge in [0, 0.05) is 11.8 Å². The Kier molecular flexibility index (Phi) is 3.96. The molecule has 124 valence electrons. The molecule has 5 nitrogen and oxygen atoms in total. The highest BCUT2D eigenvalue weighted by Gasteiger charge is 2.49. The molecule has 1 saturated carbocycles. The smallest absolute Gasteiger partial charge is 0.303 e. The Morgan fingerprint density at radius 1 is 1.30 bits per heavy atom. The van der Waals surface area contributed by atoms with Gasteiger partial charge >= 0.3 is 5.97 Å². The van der Waals surface area contributed by atoms with Crippen LogP contribution < -0.4 is 9.47 Å². The van der Waals surface area contributed by atoms with E-state index in [4.69, 9.17) is 14.6 Å². The van der Waals surface area contributed by atoms with Gasteiger partial charge in [0.05, 0.1) is 14.2 Å². The normalized spacial score (nSPS) is 28.1. The third kappa shape index (κ3) is 2.54. The van der Waals surface area contributed by atoms with Crippen LogP contribution in [0, 0.1) is 11.8 Å². The second kappa shape index (κ2) is 5.80. The van der Waals surface area contributed by atoms with Crippen molar-refractivity contribution >= 4 is 5.97 Å². The summed E-state index contributed by atoms with van der Waals surface area (Å²) in [6.07, 6.45) is 7.26. The molecule has 2 aliphatic carbocycles. The van der Waals surface area contributed by atoms with Crippen molar-refractivity contribution in [3.05, 3.63) is 29.8 Å². The predicted octanol–water partition coefficient (Wildman–Crippen LogP) is 3.11. The first-order valence-corrected chi connectivity index (χ1v) is 7.86. The molecule has 3 unspecified atom stereocenters. The minimum Gasteiger partial charge on any atom is -0.502 e. The molecule has 2 bridgehead atoms. The van der Waals surface area contributed by atoms with Crippen LogP contribution in [0.2, 0.25) is 0 Å². The molecule has 0 spiro atoms. The van der Waals surface area contributed by atoms with E-state index in [9.17, 15) is 9.90 Å². The second-order valence-electron chi connectivity index (χ2n) is 6.46. The van der Waals surface area contributed by atoms with Crippen LogP contribution in [0.4, 0.5) is 0 Å². The summed E-state index contributed by atoms with van der Waals surface area (Å²) >= 11 is 0. The number of methoxy groups -OCH3 is 2. The van der Waals surface area contributed by atoms with Gasteiger partial charge < -0.3 is 19.7 Å². The summed E-state index contributed by atoms with van der Waals surface area (Å²) in [6.45, 7) is 0. The van der Waals surface area contributed by atoms with E-state index in [2.05, 4.69) is 12.2 Å². The average Bonchev–Trinajstić information content (AvgIpc) is 3.12. The van der Waals surface area contributed by atoms with Gasteiger partial charge in [0.2, 0.25) is 5.75 Å². The summed E-state index contributed by atoms with van der Waals surface area (Å²) in [5.41, 5.74) is 0.838. The highest BCUT2D eigenvalue weighted by Crippen LogP contribution is 2.57. The van der Waals surface area contributed by atoms with Gasteiger partial charge in [0.1, 0.15) is 0 Å². The lowest BCUT2D eigenvalue weighted by Gasteiger charge is -2.33. The number of carboxylic acid groups (broad SMARTS) is 1. The van der Waals surface area contributed by atoms with Crippen LogP contribution >= 0.6 is 0 Å². The maximum atomic E-state index is 11.0. The van der Waals surface area contributed by atoms with E-state index in [1.165, 1.54) is 14.2 Å². The Bertz CT molecular complexity index is 626. The number of carbonyl (C=O) groups is 1. The van der Waals surface area contributed by atoms with Gasteiger partial charge in [-0.05, 0) is 48.8 Å². The molecule has 2 N–H and O–H groups in total. The zero-order valence-electron chi connectivity index (χ0n) is 13.4. The van der Waals surface area contributed by atoms with E-state index < -0.39 is 5.97 Å². The summed E-state index contributed by atoms with van der Waals surface area (Å²) in [5.74, 6) is 0.789. The van der Waals surface area contributed by atoms with Crippen LogP contribution in [0.1, 0.15) is 31.2 Å². The lowest BCUT2D eigenvalue weighted by Crippen LogP contribution is -2.28. The molecule has 0 aliphatic heterocycles. The van der Waals surface area contributed by atoms with Gasteiger partial charge in [-0.2, -0.15) is 0 Å². The van der Waals surface area contributed by atoms with Crippen molar-refractivity contribution in [2.75, 3.05) is 14.2 Å². The molecular weight excluding hydrogens is 296 g/mol. The van der Waals surface area contributed by atoms with Crippen LogP contribution in [-0.4, -0.2) is 30.4 Å². The van der Waals surface area contributed by atoms with E-state index in [0.717, 1.165) is 18.4 Å². The van der Waals surface area contributed by atoms with Crippen LogP contribution in [0.25, 0.3) is 0 Å². The van der Waals surface area contributed by atoms with E-state index in [0.29, 0.717) is 23.8 Å². The Hall–Kier alpha value is -2.17. The third-order valence-electron chi connectivity index (χ3n) is 5.31. The SMILES string of the molecule is COc1cc(C23C=CC(CC2CCC(=O)O)C3)cc(OC)c1O. The Morgan fingerprint density at radius 3 is 2.48 bits per heavy atom. The number of rotatable bonds is 6. The molecule has 0 heterocycles. The second-order valence-corrected chi connectivity index (χ2v) is 6.46. The van der Waals surface area contributed by atoms with Gasteiger partial charge in [-0.1, -0.05) is 12.2 Å². The maximum absolute atomic E-state index is 11.0. The molecule has 1 fully saturated rings. The lowest BCUT2D eigenvalue weighted by molar-refractivity contribution is -0.137. The van der Waals surface area contributed by atoms with E-state index in [1.807, 2.05) is 12.1 Å². The molecule has 3 rings (SSSR count). The molecule has 0 radical (unpaired) electrons. The van der Waals surface area contributed by atoms with Crippen LogP contribution in [-0.2, 0) is 10.2 Å². The molecule has 0 aromatic heterocycles. The third-order valence-corrected chi connectivity index (χ3v) is 5.31. The molecule has 1 aromatic carbocycles. The van der Waals surface area contributed by atoms with E-state index in [-0.39, 0.29) is 23.5 Å². The molecule has 0 amide bonds. The van der Waals surface area contributed by atoms with E-state index in [1.54, 1.807) is 0 Å². The highest BCUT2D eigenvalue weighted by molar-refractivity contribution is 5.66.